The van der Waals surface area contributed by atoms with Crippen molar-refractivity contribution in [3.8, 4) is 0 Å². The zero-order chi connectivity index (χ0) is 11.8. The molecule has 0 spiro atoms. The Kier molecular flexibility index (Phi) is 2.37. The van der Waals surface area contributed by atoms with Gasteiger partial charge < -0.3 is 14.6 Å². The van der Waals surface area contributed by atoms with Crippen LogP contribution >= 0.6 is 0 Å². The zero-order valence-electron chi connectivity index (χ0n) is 9.20. The molecular weight excluding hydrogens is 221 g/mol. The molecule has 88 valence electrons. The minimum absolute atomic E-state index is 0.519. The largest absolute Gasteiger partial charge is 0.464 e. The molecule has 3 aromatic rings. The first kappa shape index (κ1) is 10.4. The number of benzene rings is 1. The average Bonchev–Trinajstić information content (AvgIpc) is 2.96. The topological polar surface area (TPSA) is 52.3 Å². The Labute approximate surface area is 97.0 Å². The van der Waals surface area contributed by atoms with Crippen LogP contribution in [0.1, 0.15) is 11.1 Å². The lowest BCUT2D eigenvalue weighted by Gasteiger charge is -2.06. The van der Waals surface area contributed by atoms with Crippen molar-refractivity contribution in [3.05, 3.63) is 35.8 Å². The van der Waals surface area contributed by atoms with Gasteiger partial charge in [0.05, 0.1) is 12.5 Å². The van der Waals surface area contributed by atoms with E-state index in [2.05, 4.69) is 0 Å². The highest BCUT2D eigenvalue weighted by Gasteiger charge is 2.17. The minimum Gasteiger partial charge on any atom is -0.464 e. The lowest BCUT2D eigenvalue weighted by molar-refractivity contribution is 0.483. The quantitative estimate of drug-likeness (QED) is 0.756. The van der Waals surface area contributed by atoms with E-state index in [1.807, 2.05) is 6.07 Å². The number of halogens is 1. The Balaban J connectivity index is 2.48. The fourth-order valence-electron chi connectivity index (χ4n) is 2.33. The maximum absolute atomic E-state index is 13.1. The summed E-state index contributed by atoms with van der Waals surface area (Å²) in [5.74, 6) is 0. The van der Waals surface area contributed by atoms with Crippen LogP contribution in [0, 0.1) is 0 Å². The molecule has 4 heteroatoms. The normalized spacial score (nSPS) is 11.6. The van der Waals surface area contributed by atoms with E-state index in [0.717, 1.165) is 21.9 Å². The smallest absolute Gasteiger partial charge is 0.140 e. The first-order valence-corrected chi connectivity index (χ1v) is 5.51. The molecule has 0 aliphatic rings. The Morgan fingerprint density at radius 3 is 2.18 bits per heavy atom. The highest BCUT2D eigenvalue weighted by molar-refractivity contribution is 6.01. The number of alkyl halides is 1. The Morgan fingerprint density at radius 1 is 1.00 bits per heavy atom. The van der Waals surface area contributed by atoms with Gasteiger partial charge in [0.1, 0.15) is 17.8 Å². The predicted octanol–water partition coefficient (Wildman–Crippen LogP) is 3.15. The summed E-state index contributed by atoms with van der Waals surface area (Å²) in [5.41, 5.74) is 8.47. The molecule has 0 radical (unpaired) electrons. The van der Waals surface area contributed by atoms with Crippen LogP contribution < -0.4 is 5.73 Å². The number of fused-ring (bicyclic) bond motifs is 2. The number of hydrogen-bond donors (Lipinski definition) is 1. The van der Waals surface area contributed by atoms with Crippen LogP contribution in [-0.4, -0.2) is 6.54 Å². The summed E-state index contributed by atoms with van der Waals surface area (Å²) in [6, 6.07) is 3.60. The van der Waals surface area contributed by atoms with Crippen molar-refractivity contribution in [1.29, 1.82) is 0 Å². The maximum Gasteiger partial charge on any atom is 0.140 e. The van der Waals surface area contributed by atoms with E-state index in [1.54, 1.807) is 18.6 Å². The second-order valence-electron chi connectivity index (χ2n) is 3.96. The van der Waals surface area contributed by atoms with Gasteiger partial charge in [-0.1, -0.05) is 0 Å². The van der Waals surface area contributed by atoms with Gasteiger partial charge in [0, 0.05) is 21.9 Å². The first-order valence-electron chi connectivity index (χ1n) is 5.51. The molecule has 3 rings (SSSR count). The van der Waals surface area contributed by atoms with E-state index in [0.29, 0.717) is 24.1 Å². The standard InChI is InChI=1S/C13H12FNO2/c14-7-11-10-3-6-16-12(10)8(1-4-15)9-2-5-17-13(9)11/h2-3,5-6H,1,4,7,15H2. The predicted molar refractivity (Wildman–Crippen MR) is 63.6 cm³/mol. The highest BCUT2D eigenvalue weighted by atomic mass is 19.1. The summed E-state index contributed by atoms with van der Waals surface area (Å²) in [6.07, 6.45) is 3.83. The van der Waals surface area contributed by atoms with Crippen LogP contribution in [0.2, 0.25) is 0 Å². The molecule has 17 heavy (non-hydrogen) atoms. The molecule has 2 aromatic heterocycles. The van der Waals surface area contributed by atoms with E-state index in [9.17, 15) is 4.39 Å². The molecule has 2 N–H and O–H groups in total. The summed E-state index contributed by atoms with van der Waals surface area (Å²) in [7, 11) is 0. The molecule has 2 heterocycles. The van der Waals surface area contributed by atoms with Gasteiger partial charge in [0.2, 0.25) is 0 Å². The molecule has 0 fully saturated rings. The van der Waals surface area contributed by atoms with Crippen LogP contribution in [0.3, 0.4) is 0 Å². The van der Waals surface area contributed by atoms with Gasteiger partial charge >= 0.3 is 0 Å². The van der Waals surface area contributed by atoms with Crippen LogP contribution in [0.5, 0.6) is 0 Å². The molecule has 0 unspecified atom stereocenters. The van der Waals surface area contributed by atoms with Gasteiger partial charge in [0.25, 0.3) is 0 Å². The van der Waals surface area contributed by atoms with Crippen LogP contribution in [-0.2, 0) is 13.1 Å². The van der Waals surface area contributed by atoms with Crippen molar-refractivity contribution in [2.45, 2.75) is 13.1 Å². The van der Waals surface area contributed by atoms with Gasteiger partial charge in [-0.15, -0.1) is 0 Å². The van der Waals surface area contributed by atoms with Crippen molar-refractivity contribution < 1.29 is 13.2 Å². The lowest BCUT2D eigenvalue weighted by atomic mass is 10.00. The zero-order valence-corrected chi connectivity index (χ0v) is 9.20. The molecule has 0 aliphatic carbocycles. The second-order valence-corrected chi connectivity index (χ2v) is 3.96. The summed E-state index contributed by atoms with van der Waals surface area (Å²) in [4.78, 5) is 0. The molecule has 0 saturated heterocycles. The summed E-state index contributed by atoms with van der Waals surface area (Å²) < 4.78 is 24.0. The number of furan rings is 2. The SMILES string of the molecule is NCCc1c2ccoc2c(CF)c2ccoc12. The third kappa shape index (κ3) is 1.37. The number of rotatable bonds is 3. The second kappa shape index (κ2) is 3.89. The van der Waals surface area contributed by atoms with Crippen molar-refractivity contribution in [3.63, 3.8) is 0 Å². The Morgan fingerprint density at radius 2 is 1.59 bits per heavy atom. The Bertz CT molecular complexity index is 617. The van der Waals surface area contributed by atoms with Crippen molar-refractivity contribution in [2.75, 3.05) is 6.54 Å². The molecule has 0 amide bonds. The molecule has 0 atom stereocenters. The average molecular weight is 233 g/mol. The Hall–Kier alpha value is -1.81. The van der Waals surface area contributed by atoms with Crippen LogP contribution in [0.15, 0.2) is 33.5 Å². The van der Waals surface area contributed by atoms with E-state index >= 15 is 0 Å². The molecule has 0 saturated carbocycles. The summed E-state index contributed by atoms with van der Waals surface area (Å²) in [6.45, 7) is -0.0476. The van der Waals surface area contributed by atoms with Crippen molar-refractivity contribution in [2.24, 2.45) is 5.73 Å². The molecule has 1 aromatic carbocycles. The first-order chi connectivity index (χ1) is 8.36. The summed E-state index contributed by atoms with van der Waals surface area (Å²) in [5, 5.41) is 1.67. The third-order valence-electron chi connectivity index (χ3n) is 3.06. The molecular formula is C13H12FNO2. The molecule has 0 bridgehead atoms. The monoisotopic (exact) mass is 233 g/mol. The summed E-state index contributed by atoms with van der Waals surface area (Å²) >= 11 is 0. The van der Waals surface area contributed by atoms with Gasteiger partial charge in [-0.05, 0) is 25.1 Å². The van der Waals surface area contributed by atoms with Gasteiger partial charge in [-0.25, -0.2) is 4.39 Å². The fourth-order valence-corrected chi connectivity index (χ4v) is 2.33. The van der Waals surface area contributed by atoms with Gasteiger partial charge in [-0.3, -0.25) is 0 Å². The number of hydrogen-bond acceptors (Lipinski definition) is 3. The highest BCUT2D eigenvalue weighted by Crippen LogP contribution is 2.34. The van der Waals surface area contributed by atoms with Crippen LogP contribution in [0.25, 0.3) is 21.9 Å². The van der Waals surface area contributed by atoms with Gasteiger partial charge in [0.15, 0.2) is 0 Å². The third-order valence-corrected chi connectivity index (χ3v) is 3.06. The fraction of sp³-hybridized carbons (Fsp3) is 0.231. The minimum atomic E-state index is -0.567. The van der Waals surface area contributed by atoms with E-state index < -0.39 is 6.67 Å². The van der Waals surface area contributed by atoms with Crippen molar-refractivity contribution in [1.82, 2.24) is 0 Å². The van der Waals surface area contributed by atoms with Gasteiger partial charge in [-0.2, -0.15) is 0 Å². The van der Waals surface area contributed by atoms with E-state index in [-0.39, 0.29) is 0 Å². The van der Waals surface area contributed by atoms with E-state index in [1.165, 1.54) is 0 Å². The molecule has 0 aliphatic heterocycles. The maximum atomic E-state index is 13.1. The van der Waals surface area contributed by atoms with Crippen LogP contribution in [0.4, 0.5) is 4.39 Å². The number of nitrogens with two attached hydrogens (primary N) is 1. The van der Waals surface area contributed by atoms with E-state index in [4.69, 9.17) is 14.6 Å². The lowest BCUT2D eigenvalue weighted by Crippen LogP contribution is -2.03. The van der Waals surface area contributed by atoms with Crippen molar-refractivity contribution >= 4 is 21.9 Å². The molecule has 3 nitrogen and oxygen atoms in total.